The van der Waals surface area contributed by atoms with E-state index in [9.17, 15) is 19.7 Å². The van der Waals surface area contributed by atoms with Crippen LogP contribution in [-0.2, 0) is 11.3 Å². The number of nitrogens with zero attached hydrogens (tertiary/aromatic N) is 1. The van der Waals surface area contributed by atoms with Gasteiger partial charge < -0.3 is 21.3 Å². The van der Waals surface area contributed by atoms with Crippen LogP contribution < -0.4 is 21.3 Å². The Bertz CT molecular complexity index is 1150. The van der Waals surface area contributed by atoms with Crippen LogP contribution in [0.5, 0.6) is 0 Å². The van der Waals surface area contributed by atoms with Gasteiger partial charge in [0.2, 0.25) is 5.91 Å². The third kappa shape index (κ3) is 7.35. The fraction of sp³-hybridized carbons (Fsp3) is 0.167. The summed E-state index contributed by atoms with van der Waals surface area (Å²) in [5, 5.41) is 22.3. The first-order chi connectivity index (χ1) is 15.9. The molecule has 9 heteroatoms. The SMILES string of the molecule is Cc1cccc(NC(=O)Nc2cccc(CNC(=O)CCNc3ccccc3[N+](=O)[O-])c2)c1. The molecule has 4 N–H and O–H groups in total. The van der Waals surface area contributed by atoms with Gasteiger partial charge in [-0.05, 0) is 48.4 Å². The zero-order valence-electron chi connectivity index (χ0n) is 18.1. The van der Waals surface area contributed by atoms with Crippen LogP contribution in [0.25, 0.3) is 0 Å². The topological polar surface area (TPSA) is 125 Å². The summed E-state index contributed by atoms with van der Waals surface area (Å²) in [7, 11) is 0. The van der Waals surface area contributed by atoms with Crippen LogP contribution in [-0.4, -0.2) is 23.4 Å². The number of amides is 3. The molecule has 0 aliphatic rings. The van der Waals surface area contributed by atoms with Gasteiger partial charge in [-0.15, -0.1) is 0 Å². The Kier molecular flexibility index (Phi) is 7.96. The molecule has 9 nitrogen and oxygen atoms in total. The molecule has 0 heterocycles. The molecule has 0 atom stereocenters. The number of nitro groups is 1. The van der Waals surface area contributed by atoms with E-state index in [1.165, 1.54) is 6.07 Å². The predicted molar refractivity (Wildman–Crippen MR) is 128 cm³/mol. The van der Waals surface area contributed by atoms with E-state index in [1.807, 2.05) is 37.3 Å². The number of aryl methyl sites for hydroxylation is 1. The Hall–Kier alpha value is -4.40. The number of carbonyl (C=O) groups is 2. The quantitative estimate of drug-likeness (QED) is 0.280. The van der Waals surface area contributed by atoms with Gasteiger partial charge in [0.15, 0.2) is 0 Å². The molecule has 170 valence electrons. The highest BCUT2D eigenvalue weighted by atomic mass is 16.6. The lowest BCUT2D eigenvalue weighted by molar-refractivity contribution is -0.384. The number of carbonyl (C=O) groups excluding carboxylic acids is 2. The highest BCUT2D eigenvalue weighted by Gasteiger charge is 2.12. The second-order valence-electron chi connectivity index (χ2n) is 7.38. The number of rotatable bonds is 9. The standard InChI is InChI=1S/C24H25N5O4/c1-17-6-4-8-19(14-17)27-24(31)28-20-9-5-7-18(15-20)16-26-23(30)12-13-25-21-10-2-3-11-22(21)29(32)33/h2-11,14-15,25H,12-13,16H2,1H3,(H,26,30)(H2,27,28,31). The summed E-state index contributed by atoms with van der Waals surface area (Å²) in [6.07, 6.45) is 0.156. The lowest BCUT2D eigenvalue weighted by Crippen LogP contribution is -2.25. The zero-order chi connectivity index (χ0) is 23.6. The molecule has 0 saturated heterocycles. The van der Waals surface area contributed by atoms with Crippen LogP contribution in [0.3, 0.4) is 0 Å². The number of nitrogens with one attached hydrogen (secondary N) is 4. The lowest BCUT2D eigenvalue weighted by atomic mass is 10.2. The van der Waals surface area contributed by atoms with Gasteiger partial charge in [-0.1, -0.05) is 36.4 Å². The highest BCUT2D eigenvalue weighted by Crippen LogP contribution is 2.22. The van der Waals surface area contributed by atoms with Crippen LogP contribution >= 0.6 is 0 Å². The van der Waals surface area contributed by atoms with Gasteiger partial charge in [-0.2, -0.15) is 0 Å². The van der Waals surface area contributed by atoms with E-state index >= 15 is 0 Å². The number of hydrogen-bond donors (Lipinski definition) is 4. The van der Waals surface area contributed by atoms with Crippen molar-refractivity contribution in [3.63, 3.8) is 0 Å². The van der Waals surface area contributed by atoms with Crippen molar-refractivity contribution in [2.75, 3.05) is 22.5 Å². The van der Waals surface area contributed by atoms with Crippen molar-refractivity contribution in [1.29, 1.82) is 0 Å². The average molecular weight is 447 g/mol. The van der Waals surface area contributed by atoms with E-state index in [2.05, 4.69) is 21.3 Å². The molecule has 3 rings (SSSR count). The predicted octanol–water partition coefficient (Wildman–Crippen LogP) is 4.67. The minimum Gasteiger partial charge on any atom is -0.379 e. The molecule has 0 saturated carbocycles. The molecule has 0 fully saturated rings. The summed E-state index contributed by atoms with van der Waals surface area (Å²) >= 11 is 0. The average Bonchev–Trinajstić information content (AvgIpc) is 2.78. The fourth-order valence-electron chi connectivity index (χ4n) is 3.16. The summed E-state index contributed by atoms with van der Waals surface area (Å²) in [6.45, 7) is 2.50. The van der Waals surface area contributed by atoms with Gasteiger partial charge >= 0.3 is 6.03 Å². The molecule has 0 spiro atoms. The number of benzene rings is 3. The molecule has 0 unspecified atom stereocenters. The van der Waals surface area contributed by atoms with E-state index in [1.54, 1.807) is 36.4 Å². The maximum Gasteiger partial charge on any atom is 0.323 e. The van der Waals surface area contributed by atoms with E-state index in [0.717, 1.165) is 11.1 Å². The summed E-state index contributed by atoms with van der Waals surface area (Å²) < 4.78 is 0. The lowest BCUT2D eigenvalue weighted by Gasteiger charge is -2.11. The third-order valence-corrected chi connectivity index (χ3v) is 4.72. The summed E-state index contributed by atoms with van der Waals surface area (Å²) in [6, 6.07) is 20.6. The maximum atomic E-state index is 12.2. The first kappa shape index (κ1) is 23.3. The number of anilines is 3. The molecule has 3 amide bonds. The first-order valence-corrected chi connectivity index (χ1v) is 10.4. The highest BCUT2D eigenvalue weighted by molar-refractivity contribution is 5.99. The molecule has 0 aliphatic carbocycles. The van der Waals surface area contributed by atoms with E-state index in [0.29, 0.717) is 23.6 Å². The summed E-state index contributed by atoms with van der Waals surface area (Å²) in [5.41, 5.74) is 3.51. The minimum absolute atomic E-state index is 0.0336. The molecule has 3 aromatic carbocycles. The normalized spacial score (nSPS) is 10.2. The van der Waals surface area contributed by atoms with Gasteiger partial charge in [0, 0.05) is 37.0 Å². The van der Waals surface area contributed by atoms with Crippen molar-refractivity contribution < 1.29 is 14.5 Å². The molecule has 0 radical (unpaired) electrons. The first-order valence-electron chi connectivity index (χ1n) is 10.4. The summed E-state index contributed by atoms with van der Waals surface area (Å²) in [5.74, 6) is -0.198. The monoisotopic (exact) mass is 447 g/mol. The van der Waals surface area contributed by atoms with Gasteiger partial charge in [0.05, 0.1) is 4.92 Å². The van der Waals surface area contributed by atoms with Crippen LogP contribution in [0, 0.1) is 17.0 Å². The second kappa shape index (κ2) is 11.3. The minimum atomic E-state index is -0.468. The maximum absolute atomic E-state index is 12.2. The Balaban J connectivity index is 1.45. The fourth-order valence-corrected chi connectivity index (χ4v) is 3.16. The van der Waals surface area contributed by atoms with Crippen LogP contribution in [0.2, 0.25) is 0 Å². The molecule has 0 aliphatic heterocycles. The van der Waals surface area contributed by atoms with Crippen molar-refractivity contribution in [2.45, 2.75) is 19.9 Å². The van der Waals surface area contributed by atoms with Crippen molar-refractivity contribution in [3.05, 3.63) is 94.0 Å². The molecule has 0 bridgehead atoms. The van der Waals surface area contributed by atoms with Crippen LogP contribution in [0.15, 0.2) is 72.8 Å². The number of urea groups is 1. The Morgan fingerprint density at radius 1 is 0.909 bits per heavy atom. The van der Waals surface area contributed by atoms with Gasteiger partial charge in [0.25, 0.3) is 5.69 Å². The summed E-state index contributed by atoms with van der Waals surface area (Å²) in [4.78, 5) is 35.0. The van der Waals surface area contributed by atoms with Crippen molar-refractivity contribution in [1.82, 2.24) is 5.32 Å². The van der Waals surface area contributed by atoms with Crippen molar-refractivity contribution in [2.24, 2.45) is 0 Å². The Morgan fingerprint density at radius 3 is 2.33 bits per heavy atom. The molecule has 0 aromatic heterocycles. The van der Waals surface area contributed by atoms with E-state index in [-0.39, 0.29) is 30.6 Å². The molecule has 3 aromatic rings. The largest absolute Gasteiger partial charge is 0.379 e. The van der Waals surface area contributed by atoms with Crippen molar-refractivity contribution >= 4 is 34.7 Å². The smallest absolute Gasteiger partial charge is 0.323 e. The van der Waals surface area contributed by atoms with Crippen molar-refractivity contribution in [3.8, 4) is 0 Å². The number of hydrogen-bond acceptors (Lipinski definition) is 5. The second-order valence-corrected chi connectivity index (χ2v) is 7.38. The third-order valence-electron chi connectivity index (χ3n) is 4.72. The Morgan fingerprint density at radius 2 is 1.61 bits per heavy atom. The van der Waals surface area contributed by atoms with Crippen LogP contribution in [0.1, 0.15) is 17.5 Å². The molecule has 33 heavy (non-hydrogen) atoms. The molecular formula is C24H25N5O4. The van der Waals surface area contributed by atoms with Gasteiger partial charge in [-0.25, -0.2) is 4.79 Å². The van der Waals surface area contributed by atoms with Crippen LogP contribution in [0.4, 0.5) is 27.5 Å². The molecular weight excluding hydrogens is 422 g/mol. The van der Waals surface area contributed by atoms with E-state index < -0.39 is 4.92 Å². The van der Waals surface area contributed by atoms with E-state index in [4.69, 9.17) is 0 Å². The van der Waals surface area contributed by atoms with Gasteiger partial charge in [-0.3, -0.25) is 14.9 Å². The zero-order valence-corrected chi connectivity index (χ0v) is 18.1. The Labute approximate surface area is 191 Å². The number of para-hydroxylation sites is 2. The van der Waals surface area contributed by atoms with Gasteiger partial charge in [0.1, 0.15) is 5.69 Å². The number of nitro benzene ring substituents is 1.